The van der Waals surface area contributed by atoms with Gasteiger partial charge in [-0.3, -0.25) is 4.79 Å². The molecule has 4 nitrogen and oxygen atoms in total. The summed E-state index contributed by atoms with van der Waals surface area (Å²) >= 11 is 7.70. The summed E-state index contributed by atoms with van der Waals surface area (Å²) in [6.45, 7) is 1.94. The maximum atomic E-state index is 12.1. The van der Waals surface area contributed by atoms with Gasteiger partial charge in [0, 0.05) is 17.0 Å². The Balaban J connectivity index is 0.00000144. The summed E-state index contributed by atoms with van der Waals surface area (Å²) in [6, 6.07) is 7.91. The Bertz CT molecular complexity index is 660. The molecular formula is C16H20Cl3N3OS. The Morgan fingerprint density at radius 1 is 1.29 bits per heavy atom. The number of aromatic nitrogens is 1. The fourth-order valence-electron chi connectivity index (χ4n) is 2.56. The van der Waals surface area contributed by atoms with Gasteiger partial charge in [0.1, 0.15) is 5.01 Å². The van der Waals surface area contributed by atoms with Crippen molar-refractivity contribution in [3.8, 4) is 10.6 Å². The van der Waals surface area contributed by atoms with Crippen LogP contribution in [0.2, 0.25) is 5.02 Å². The first kappa shape index (κ1) is 21.2. The number of hydrogen-bond acceptors (Lipinski definition) is 4. The summed E-state index contributed by atoms with van der Waals surface area (Å²) < 4.78 is 0. The highest BCUT2D eigenvalue weighted by Crippen LogP contribution is 2.30. The lowest BCUT2D eigenvalue weighted by Crippen LogP contribution is -2.43. The molecule has 24 heavy (non-hydrogen) atoms. The van der Waals surface area contributed by atoms with Crippen molar-refractivity contribution in [2.45, 2.75) is 25.3 Å². The largest absolute Gasteiger partial charge is 0.353 e. The molecule has 0 spiro atoms. The normalized spacial score (nSPS) is 14.4. The number of hydrogen-bond donors (Lipinski definition) is 2. The molecule has 0 atom stereocenters. The maximum absolute atomic E-state index is 12.1. The van der Waals surface area contributed by atoms with Gasteiger partial charge in [0.25, 0.3) is 0 Å². The summed E-state index contributed by atoms with van der Waals surface area (Å²) in [7, 11) is 0. The molecule has 1 saturated heterocycles. The van der Waals surface area contributed by atoms with Crippen LogP contribution in [0.5, 0.6) is 0 Å². The van der Waals surface area contributed by atoms with Crippen LogP contribution in [0.15, 0.2) is 29.6 Å². The molecule has 1 aromatic heterocycles. The minimum Gasteiger partial charge on any atom is -0.353 e. The SMILES string of the molecule is Cl.Cl.O=C(Cc1csc(-c2ccccc2Cl)n1)NC1CCNCC1. The van der Waals surface area contributed by atoms with Crippen molar-refractivity contribution >= 4 is 53.7 Å². The minimum atomic E-state index is 0. The van der Waals surface area contributed by atoms with Crippen LogP contribution in [0.4, 0.5) is 0 Å². The number of benzene rings is 1. The average Bonchev–Trinajstić information content (AvgIpc) is 2.97. The molecular weight excluding hydrogens is 389 g/mol. The van der Waals surface area contributed by atoms with Crippen LogP contribution in [0.1, 0.15) is 18.5 Å². The molecule has 1 aliphatic heterocycles. The van der Waals surface area contributed by atoms with Crippen LogP contribution in [0.25, 0.3) is 10.6 Å². The third-order valence-corrected chi connectivity index (χ3v) is 4.96. The number of piperidine rings is 1. The Hall–Kier alpha value is -0.850. The van der Waals surface area contributed by atoms with E-state index in [4.69, 9.17) is 11.6 Å². The van der Waals surface area contributed by atoms with E-state index in [1.54, 1.807) is 0 Å². The zero-order chi connectivity index (χ0) is 15.4. The highest BCUT2D eigenvalue weighted by molar-refractivity contribution is 7.13. The molecule has 2 aromatic rings. The number of nitrogens with one attached hydrogen (secondary N) is 2. The average molecular weight is 409 g/mol. The molecule has 0 radical (unpaired) electrons. The molecule has 1 aromatic carbocycles. The molecule has 132 valence electrons. The molecule has 1 amide bonds. The second-order valence-corrected chi connectivity index (χ2v) is 6.66. The lowest BCUT2D eigenvalue weighted by Gasteiger charge is -2.23. The molecule has 2 N–H and O–H groups in total. The second kappa shape index (κ2) is 10.2. The number of amides is 1. The van der Waals surface area contributed by atoms with E-state index in [-0.39, 0.29) is 36.8 Å². The van der Waals surface area contributed by atoms with Crippen LogP contribution in [0, 0.1) is 0 Å². The van der Waals surface area contributed by atoms with E-state index in [9.17, 15) is 4.79 Å². The van der Waals surface area contributed by atoms with E-state index in [1.165, 1.54) is 11.3 Å². The quantitative estimate of drug-likeness (QED) is 0.810. The van der Waals surface area contributed by atoms with Gasteiger partial charge < -0.3 is 10.6 Å². The highest BCUT2D eigenvalue weighted by atomic mass is 35.5. The summed E-state index contributed by atoms with van der Waals surface area (Å²) in [5, 5.41) is 9.85. The molecule has 1 aliphatic rings. The van der Waals surface area contributed by atoms with E-state index in [0.717, 1.165) is 42.2 Å². The monoisotopic (exact) mass is 407 g/mol. The number of carbonyl (C=O) groups excluding carboxylic acids is 1. The van der Waals surface area contributed by atoms with Crippen LogP contribution < -0.4 is 10.6 Å². The fourth-order valence-corrected chi connectivity index (χ4v) is 3.70. The molecule has 0 unspecified atom stereocenters. The third-order valence-electron chi connectivity index (χ3n) is 3.70. The number of thiazole rings is 1. The highest BCUT2D eigenvalue weighted by Gasteiger charge is 2.16. The summed E-state index contributed by atoms with van der Waals surface area (Å²) in [4.78, 5) is 16.6. The lowest BCUT2D eigenvalue weighted by atomic mass is 10.1. The van der Waals surface area contributed by atoms with E-state index in [2.05, 4.69) is 15.6 Å². The third kappa shape index (κ3) is 5.60. The number of halogens is 3. The molecule has 3 rings (SSSR count). The number of nitrogens with zero attached hydrogens (tertiary/aromatic N) is 1. The van der Waals surface area contributed by atoms with Gasteiger partial charge in [-0.05, 0) is 32.0 Å². The van der Waals surface area contributed by atoms with E-state index >= 15 is 0 Å². The van der Waals surface area contributed by atoms with Crippen molar-refractivity contribution in [3.05, 3.63) is 40.4 Å². The van der Waals surface area contributed by atoms with Crippen molar-refractivity contribution in [2.75, 3.05) is 13.1 Å². The van der Waals surface area contributed by atoms with Crippen molar-refractivity contribution in [3.63, 3.8) is 0 Å². The van der Waals surface area contributed by atoms with Gasteiger partial charge >= 0.3 is 0 Å². The summed E-state index contributed by atoms with van der Waals surface area (Å²) in [6.07, 6.45) is 2.31. The Morgan fingerprint density at radius 2 is 2.00 bits per heavy atom. The van der Waals surface area contributed by atoms with Gasteiger partial charge in [-0.15, -0.1) is 36.2 Å². The first-order chi connectivity index (χ1) is 10.7. The van der Waals surface area contributed by atoms with Gasteiger partial charge in [0.15, 0.2) is 0 Å². The van der Waals surface area contributed by atoms with Crippen LogP contribution in [-0.4, -0.2) is 30.0 Å². The van der Waals surface area contributed by atoms with Crippen LogP contribution in [0.3, 0.4) is 0 Å². The predicted molar refractivity (Wildman–Crippen MR) is 105 cm³/mol. The van der Waals surface area contributed by atoms with Gasteiger partial charge in [-0.1, -0.05) is 29.8 Å². The Labute approximate surface area is 163 Å². The molecule has 1 fully saturated rings. The zero-order valence-corrected chi connectivity index (χ0v) is 16.2. The van der Waals surface area contributed by atoms with Gasteiger partial charge in [-0.2, -0.15) is 0 Å². The topological polar surface area (TPSA) is 54.0 Å². The predicted octanol–water partition coefficient (Wildman–Crippen LogP) is 3.72. The van der Waals surface area contributed by atoms with Crippen molar-refractivity contribution < 1.29 is 4.79 Å². The number of rotatable bonds is 4. The molecule has 0 saturated carbocycles. The van der Waals surface area contributed by atoms with Crippen LogP contribution >= 0.6 is 47.8 Å². The first-order valence-electron chi connectivity index (χ1n) is 7.42. The number of carbonyl (C=O) groups is 1. The minimum absolute atomic E-state index is 0. The Kier molecular flexibility index (Phi) is 9.02. The molecule has 8 heteroatoms. The molecule has 0 bridgehead atoms. The summed E-state index contributed by atoms with van der Waals surface area (Å²) in [5.41, 5.74) is 1.71. The van der Waals surface area contributed by atoms with E-state index in [0.29, 0.717) is 11.4 Å². The van der Waals surface area contributed by atoms with Crippen molar-refractivity contribution in [1.82, 2.24) is 15.6 Å². The molecule has 0 aliphatic carbocycles. The smallest absolute Gasteiger partial charge is 0.226 e. The van der Waals surface area contributed by atoms with E-state index < -0.39 is 0 Å². The van der Waals surface area contributed by atoms with E-state index in [1.807, 2.05) is 29.6 Å². The van der Waals surface area contributed by atoms with Gasteiger partial charge in [-0.25, -0.2) is 4.98 Å². The zero-order valence-electron chi connectivity index (χ0n) is 13.0. The molecule has 2 heterocycles. The van der Waals surface area contributed by atoms with Gasteiger partial charge in [0.2, 0.25) is 5.91 Å². The summed E-state index contributed by atoms with van der Waals surface area (Å²) in [5.74, 6) is 0.0444. The van der Waals surface area contributed by atoms with Crippen LogP contribution in [-0.2, 0) is 11.2 Å². The second-order valence-electron chi connectivity index (χ2n) is 5.39. The fraction of sp³-hybridized carbons (Fsp3) is 0.375. The first-order valence-corrected chi connectivity index (χ1v) is 8.67. The standard InChI is InChI=1S/C16H18ClN3OS.2ClH/c17-14-4-2-1-3-13(14)16-20-12(10-22-16)9-15(21)19-11-5-7-18-8-6-11;;/h1-4,10-11,18H,5-9H2,(H,19,21);2*1H. The van der Waals surface area contributed by atoms with Crippen molar-refractivity contribution in [2.24, 2.45) is 0 Å². The van der Waals surface area contributed by atoms with Gasteiger partial charge in [0.05, 0.1) is 17.1 Å². The maximum Gasteiger partial charge on any atom is 0.226 e. The lowest BCUT2D eigenvalue weighted by molar-refractivity contribution is -0.121. The Morgan fingerprint density at radius 3 is 2.71 bits per heavy atom. The van der Waals surface area contributed by atoms with Crippen molar-refractivity contribution in [1.29, 1.82) is 0 Å².